The van der Waals surface area contributed by atoms with Gasteiger partial charge in [-0.05, 0) is 36.8 Å². The Morgan fingerprint density at radius 1 is 1.06 bits per heavy atom. The Morgan fingerprint density at radius 3 is 2.68 bits per heavy atom. The van der Waals surface area contributed by atoms with Gasteiger partial charge in [-0.1, -0.05) is 54.6 Å². The van der Waals surface area contributed by atoms with Crippen LogP contribution in [-0.2, 0) is 0 Å². The van der Waals surface area contributed by atoms with Gasteiger partial charge in [-0.25, -0.2) is 4.98 Å². The molecule has 0 amide bonds. The van der Waals surface area contributed by atoms with Crippen molar-refractivity contribution < 1.29 is 11.3 Å². The number of rotatable bonds is 5. The molecule has 0 saturated carbocycles. The molecule has 172 valence electrons. The molecule has 6 heteroatoms. The first-order chi connectivity index (χ1) is 16.6. The molecule has 1 aliphatic rings. The van der Waals surface area contributed by atoms with Crippen LogP contribution in [0.4, 0.5) is 5.82 Å². The van der Waals surface area contributed by atoms with Crippen LogP contribution in [0.5, 0.6) is 5.75 Å². The van der Waals surface area contributed by atoms with Gasteiger partial charge >= 0.3 is 0 Å². The quantitative estimate of drug-likeness (QED) is 0.424. The number of nitrogens with one attached hydrogen (secondary N) is 1. The highest BCUT2D eigenvalue weighted by Crippen LogP contribution is 2.30. The number of ketones is 1. The molecule has 1 aliphatic heterocycles. The maximum atomic E-state index is 13.5. The van der Waals surface area contributed by atoms with Gasteiger partial charge in [0.25, 0.3) is 0 Å². The van der Waals surface area contributed by atoms with Crippen LogP contribution in [0.25, 0.3) is 11.1 Å². The first-order valence-corrected chi connectivity index (χ1v) is 11.4. The van der Waals surface area contributed by atoms with Gasteiger partial charge in [0.2, 0.25) is 5.78 Å². The number of phenols is 1. The molecule has 0 aliphatic carbocycles. The van der Waals surface area contributed by atoms with Gasteiger partial charge in [-0.3, -0.25) is 9.78 Å². The molecule has 0 spiro atoms. The molecule has 34 heavy (non-hydrogen) atoms. The molecule has 2 aromatic heterocycles. The van der Waals surface area contributed by atoms with E-state index in [1.807, 2.05) is 49.4 Å². The number of piperazine rings is 1. The number of benzene rings is 2. The molecule has 1 fully saturated rings. The molecule has 4 aromatic rings. The maximum absolute atomic E-state index is 13.5. The van der Waals surface area contributed by atoms with Crippen LogP contribution < -0.4 is 10.2 Å². The van der Waals surface area contributed by atoms with Crippen LogP contribution in [-0.4, -0.2) is 40.5 Å². The highest BCUT2D eigenvalue weighted by Gasteiger charge is 2.23. The van der Waals surface area contributed by atoms with Crippen molar-refractivity contribution in [2.24, 2.45) is 0 Å². The van der Waals surface area contributed by atoms with Crippen molar-refractivity contribution in [2.45, 2.75) is 13.0 Å². The van der Waals surface area contributed by atoms with E-state index in [2.05, 4.69) is 27.3 Å². The molecule has 1 unspecified atom stereocenters. The minimum absolute atomic E-state index is 0. The molecule has 5 rings (SSSR count). The van der Waals surface area contributed by atoms with E-state index in [1.54, 1.807) is 30.5 Å². The summed E-state index contributed by atoms with van der Waals surface area (Å²) in [6, 6.07) is 25.0. The van der Waals surface area contributed by atoms with Gasteiger partial charge in [-0.2, -0.15) is 0 Å². The topological polar surface area (TPSA) is 78.4 Å². The summed E-state index contributed by atoms with van der Waals surface area (Å²) in [5.41, 5.74) is 4.05. The minimum atomic E-state index is -0.182. The summed E-state index contributed by atoms with van der Waals surface area (Å²) in [5.74, 6) is 0.757. The second-order valence-corrected chi connectivity index (χ2v) is 8.45. The highest BCUT2D eigenvalue weighted by molar-refractivity contribution is 6.09. The van der Waals surface area contributed by atoms with Gasteiger partial charge in [0.05, 0.1) is 0 Å². The third-order valence-corrected chi connectivity index (χ3v) is 6.21. The molecule has 0 radical (unpaired) electrons. The fourth-order valence-electron chi connectivity index (χ4n) is 4.36. The molecular weight excluding hydrogens is 424 g/mol. The summed E-state index contributed by atoms with van der Waals surface area (Å²) in [6.07, 6.45) is 1.68. The number of para-hydroxylation sites is 1. The Morgan fingerprint density at radius 2 is 1.85 bits per heavy atom. The number of pyridine rings is 2. The zero-order chi connectivity index (χ0) is 23.5. The number of carbonyl (C=O) groups excluding carboxylic acids is 1. The van der Waals surface area contributed by atoms with Gasteiger partial charge in [0.1, 0.15) is 17.3 Å². The second kappa shape index (κ2) is 9.45. The van der Waals surface area contributed by atoms with E-state index in [1.165, 1.54) is 5.56 Å². The Balaban J connectivity index is 0.00000289. The molecule has 1 saturated heterocycles. The Kier molecular flexibility index (Phi) is 6.06. The number of nitrogens with zero attached hydrogens (tertiary/aromatic N) is 3. The summed E-state index contributed by atoms with van der Waals surface area (Å²) < 4.78 is 0. The normalized spacial score (nSPS) is 15.8. The lowest BCUT2D eigenvalue weighted by molar-refractivity contribution is 0.103. The molecule has 3 heterocycles. The highest BCUT2D eigenvalue weighted by atomic mass is 16.3. The van der Waals surface area contributed by atoms with Crippen molar-refractivity contribution in [2.75, 3.05) is 24.5 Å². The molecule has 6 nitrogen and oxygen atoms in total. The summed E-state index contributed by atoms with van der Waals surface area (Å²) in [6.45, 7) is 4.24. The molecule has 2 N–H and O–H groups in total. The molecule has 2 aromatic carbocycles. The largest absolute Gasteiger partial charge is 0.507 e. The number of hydrogen-bond acceptors (Lipinski definition) is 6. The summed E-state index contributed by atoms with van der Waals surface area (Å²) >= 11 is 0. The lowest BCUT2D eigenvalue weighted by atomic mass is 10.00. The van der Waals surface area contributed by atoms with Gasteiger partial charge < -0.3 is 15.3 Å². The van der Waals surface area contributed by atoms with Crippen LogP contribution in [0, 0.1) is 6.92 Å². The van der Waals surface area contributed by atoms with Crippen LogP contribution in [0.15, 0.2) is 85.1 Å². The third-order valence-electron chi connectivity index (χ3n) is 6.21. The predicted molar refractivity (Wildman–Crippen MR) is 135 cm³/mol. The van der Waals surface area contributed by atoms with Crippen molar-refractivity contribution in [1.29, 1.82) is 0 Å². The summed E-state index contributed by atoms with van der Waals surface area (Å²) in [4.78, 5) is 24.8. The third kappa shape index (κ3) is 4.40. The van der Waals surface area contributed by atoms with Crippen molar-refractivity contribution in [1.82, 2.24) is 15.3 Å². The SMILES string of the molecule is Cc1ncc(-c2ccccc2O)cc1C(=O)c1cccc(N2CCNC(c3ccccc3)C2)n1.[HH]. The zero-order valence-electron chi connectivity index (χ0n) is 19.0. The standard InChI is InChI=1S/C28H26N4O2.H2/c1-19-23(16-21(17-30-19)22-10-5-6-12-26(22)33)28(34)24-11-7-13-27(31-24)32-15-14-29-25(18-32)20-8-3-2-4-9-20;/h2-13,16-17,25,29,33H,14-15,18H2,1H3;1H. The Labute approximate surface area is 200 Å². The van der Waals surface area contributed by atoms with Crippen molar-refractivity contribution >= 4 is 11.6 Å². The van der Waals surface area contributed by atoms with Crippen LogP contribution in [0.1, 0.15) is 34.8 Å². The number of carbonyl (C=O) groups is 1. The number of hydrogen-bond donors (Lipinski definition) is 2. The average molecular weight is 453 g/mol. The van der Waals surface area contributed by atoms with Gasteiger partial charge in [0.15, 0.2) is 0 Å². The van der Waals surface area contributed by atoms with Gasteiger partial charge in [-0.15, -0.1) is 0 Å². The number of aryl methyl sites for hydroxylation is 1. The number of anilines is 1. The van der Waals surface area contributed by atoms with Crippen LogP contribution >= 0.6 is 0 Å². The summed E-state index contributed by atoms with van der Waals surface area (Å²) in [7, 11) is 0. The van der Waals surface area contributed by atoms with E-state index in [0.717, 1.165) is 25.5 Å². The average Bonchev–Trinajstić information content (AvgIpc) is 2.90. The zero-order valence-corrected chi connectivity index (χ0v) is 19.0. The van der Waals surface area contributed by atoms with Crippen molar-refractivity contribution in [3.8, 4) is 16.9 Å². The Bertz CT molecular complexity index is 1330. The number of aromatic hydroxyl groups is 1. The summed E-state index contributed by atoms with van der Waals surface area (Å²) in [5, 5.41) is 13.8. The second-order valence-electron chi connectivity index (χ2n) is 8.45. The maximum Gasteiger partial charge on any atom is 0.213 e. The van der Waals surface area contributed by atoms with E-state index in [-0.39, 0.29) is 19.0 Å². The lowest BCUT2D eigenvalue weighted by Gasteiger charge is -2.35. The Hall–Kier alpha value is -4.03. The number of phenolic OH excluding ortho intramolecular Hbond substituents is 1. The van der Waals surface area contributed by atoms with E-state index < -0.39 is 0 Å². The first-order valence-electron chi connectivity index (χ1n) is 11.4. The van der Waals surface area contributed by atoms with E-state index >= 15 is 0 Å². The van der Waals surface area contributed by atoms with E-state index in [0.29, 0.717) is 28.1 Å². The van der Waals surface area contributed by atoms with Gasteiger partial charge in [0, 0.05) is 55.7 Å². The molecule has 1 atom stereocenters. The van der Waals surface area contributed by atoms with Crippen molar-refractivity contribution in [3.63, 3.8) is 0 Å². The van der Waals surface area contributed by atoms with Crippen LogP contribution in [0.3, 0.4) is 0 Å². The van der Waals surface area contributed by atoms with E-state index in [4.69, 9.17) is 4.98 Å². The molecular formula is C28H28N4O2. The van der Waals surface area contributed by atoms with Crippen molar-refractivity contribution in [3.05, 3.63) is 108 Å². The minimum Gasteiger partial charge on any atom is -0.507 e. The smallest absolute Gasteiger partial charge is 0.213 e. The molecule has 0 bridgehead atoms. The first kappa shape index (κ1) is 21.8. The van der Waals surface area contributed by atoms with Crippen LogP contribution in [0.2, 0.25) is 0 Å². The predicted octanol–water partition coefficient (Wildman–Crippen LogP) is 4.79. The number of aromatic nitrogens is 2. The fourth-order valence-corrected chi connectivity index (χ4v) is 4.36. The monoisotopic (exact) mass is 452 g/mol. The lowest BCUT2D eigenvalue weighted by Crippen LogP contribution is -2.46. The fraction of sp³-hybridized carbons (Fsp3) is 0.179. The van der Waals surface area contributed by atoms with E-state index in [9.17, 15) is 9.90 Å².